The van der Waals surface area contributed by atoms with Crippen molar-refractivity contribution in [2.75, 3.05) is 19.7 Å². The van der Waals surface area contributed by atoms with Gasteiger partial charge in [0.05, 0.1) is 0 Å². The second-order valence-corrected chi connectivity index (χ2v) is 3.00. The van der Waals surface area contributed by atoms with Gasteiger partial charge in [-0.25, -0.2) is 0 Å². The van der Waals surface area contributed by atoms with E-state index in [1.165, 1.54) is 0 Å². The molecular weight excluding hydrogens is 174 g/mol. The summed E-state index contributed by atoms with van der Waals surface area (Å²) < 4.78 is 0. The van der Waals surface area contributed by atoms with Gasteiger partial charge in [-0.3, -0.25) is 4.79 Å². The largest absolute Gasteiger partial charge is 0.354 e. The lowest BCUT2D eigenvalue weighted by molar-refractivity contribution is -0.810. The molecule has 1 aliphatic heterocycles. The Bertz CT molecular complexity index is 201. The van der Waals surface area contributed by atoms with Crippen molar-refractivity contribution >= 4 is 5.91 Å². The SMILES string of the molecule is N[N+](=O)OCC(=O)N1CCCCC1. The molecule has 6 nitrogen and oxygen atoms in total. The van der Waals surface area contributed by atoms with Crippen molar-refractivity contribution < 1.29 is 14.7 Å². The number of nitrogens with zero attached hydrogens (tertiary/aromatic N) is 2. The first kappa shape index (κ1) is 9.76. The molecule has 0 atom stereocenters. The molecule has 0 saturated carbocycles. The van der Waals surface area contributed by atoms with E-state index in [4.69, 9.17) is 0 Å². The minimum atomic E-state index is -0.264. The molecule has 74 valence electrons. The van der Waals surface area contributed by atoms with E-state index < -0.39 is 0 Å². The van der Waals surface area contributed by atoms with E-state index in [2.05, 4.69) is 10.7 Å². The molecule has 0 bridgehead atoms. The lowest BCUT2D eigenvalue weighted by Crippen LogP contribution is -2.39. The van der Waals surface area contributed by atoms with Crippen LogP contribution in [-0.4, -0.2) is 35.5 Å². The van der Waals surface area contributed by atoms with Crippen molar-refractivity contribution in [3.63, 3.8) is 0 Å². The quantitative estimate of drug-likeness (QED) is 0.482. The molecule has 1 heterocycles. The van der Waals surface area contributed by atoms with E-state index >= 15 is 0 Å². The molecule has 2 N–H and O–H groups in total. The third-order valence-corrected chi connectivity index (χ3v) is 2.02. The Balaban J connectivity index is 2.25. The Labute approximate surface area is 76.1 Å². The highest BCUT2D eigenvalue weighted by atomic mass is 16.8. The number of hydrogen-bond acceptors (Lipinski definition) is 3. The van der Waals surface area contributed by atoms with Crippen LogP contribution in [-0.2, 0) is 9.63 Å². The molecule has 0 aromatic rings. The molecule has 0 aromatic heterocycles. The molecule has 1 rings (SSSR count). The Hall–Kier alpha value is -1.33. The zero-order chi connectivity index (χ0) is 9.68. The molecule has 6 heteroatoms. The van der Waals surface area contributed by atoms with Crippen LogP contribution >= 0.6 is 0 Å². The summed E-state index contributed by atoms with van der Waals surface area (Å²) in [6.45, 7) is 1.25. The third-order valence-electron chi connectivity index (χ3n) is 2.02. The van der Waals surface area contributed by atoms with E-state index in [-0.39, 0.29) is 17.5 Å². The number of hydrogen-bond donors (Lipinski definition) is 1. The number of hydrazine groups is 1. The highest BCUT2D eigenvalue weighted by molar-refractivity contribution is 5.77. The summed E-state index contributed by atoms with van der Waals surface area (Å²) in [7, 11) is 0. The number of piperidine rings is 1. The number of carbonyl (C=O) groups is 1. The molecule has 1 fully saturated rings. The lowest BCUT2D eigenvalue weighted by atomic mass is 10.1. The molecule has 0 aliphatic carbocycles. The van der Waals surface area contributed by atoms with Crippen LogP contribution in [0.25, 0.3) is 0 Å². The maximum Gasteiger partial charge on any atom is 0.354 e. The average molecular weight is 188 g/mol. The predicted molar refractivity (Wildman–Crippen MR) is 44.2 cm³/mol. The number of carbonyl (C=O) groups excluding carboxylic acids is 1. The van der Waals surface area contributed by atoms with Gasteiger partial charge in [-0.05, 0) is 19.3 Å². The summed E-state index contributed by atoms with van der Waals surface area (Å²) >= 11 is 0. The second-order valence-electron chi connectivity index (χ2n) is 3.00. The van der Waals surface area contributed by atoms with E-state index in [9.17, 15) is 9.70 Å². The minimum absolute atomic E-state index is 0.175. The molecule has 1 aliphatic rings. The Kier molecular flexibility index (Phi) is 3.48. The number of nitrogens with two attached hydrogens (primary N) is 1. The zero-order valence-corrected chi connectivity index (χ0v) is 7.44. The third kappa shape index (κ3) is 3.27. The monoisotopic (exact) mass is 188 g/mol. The van der Waals surface area contributed by atoms with Gasteiger partial charge < -0.3 is 4.90 Å². The summed E-state index contributed by atoms with van der Waals surface area (Å²) in [4.78, 5) is 27.4. The first-order valence-electron chi connectivity index (χ1n) is 4.33. The summed E-state index contributed by atoms with van der Waals surface area (Å²) in [6.07, 6.45) is 3.21. The molecule has 0 spiro atoms. The van der Waals surface area contributed by atoms with Gasteiger partial charge >= 0.3 is 5.03 Å². The predicted octanol–water partition coefficient (Wildman–Crippen LogP) is -0.417. The standard InChI is InChI=1S/C7H14N3O3/c8-10(12)13-6-7(11)9-4-2-1-3-5-9/h1-6H2,(H2,8,12)/q+1. The smallest absolute Gasteiger partial charge is 0.339 e. The van der Waals surface area contributed by atoms with Crippen molar-refractivity contribution in [1.29, 1.82) is 0 Å². The van der Waals surface area contributed by atoms with Gasteiger partial charge in [0, 0.05) is 13.1 Å². The second kappa shape index (κ2) is 4.64. The highest BCUT2D eigenvalue weighted by Gasteiger charge is 2.19. The first-order valence-corrected chi connectivity index (χ1v) is 4.33. The van der Waals surface area contributed by atoms with Gasteiger partial charge in [0.15, 0.2) is 0 Å². The van der Waals surface area contributed by atoms with Gasteiger partial charge in [0.2, 0.25) is 6.61 Å². The van der Waals surface area contributed by atoms with Crippen molar-refractivity contribution in [1.82, 2.24) is 4.90 Å². The summed E-state index contributed by atoms with van der Waals surface area (Å²) in [5.41, 5.74) is 0. The van der Waals surface area contributed by atoms with Crippen LogP contribution in [0.1, 0.15) is 19.3 Å². The molecule has 0 unspecified atom stereocenters. The van der Waals surface area contributed by atoms with Gasteiger partial charge in [-0.15, -0.1) is 5.84 Å². The van der Waals surface area contributed by atoms with Crippen LogP contribution in [0.5, 0.6) is 0 Å². The van der Waals surface area contributed by atoms with E-state index in [0.29, 0.717) is 0 Å². The summed E-state index contributed by atoms with van der Waals surface area (Å²) in [6, 6.07) is 0. The van der Waals surface area contributed by atoms with E-state index in [0.717, 1.165) is 32.4 Å². The van der Waals surface area contributed by atoms with E-state index in [1.54, 1.807) is 4.90 Å². The fourth-order valence-corrected chi connectivity index (χ4v) is 1.35. The van der Waals surface area contributed by atoms with Crippen LogP contribution in [0.15, 0.2) is 0 Å². The van der Waals surface area contributed by atoms with Crippen LogP contribution in [0.3, 0.4) is 0 Å². The topological polar surface area (TPSA) is 75.6 Å². The van der Waals surface area contributed by atoms with Gasteiger partial charge in [0.25, 0.3) is 5.91 Å². The highest BCUT2D eigenvalue weighted by Crippen LogP contribution is 2.08. The number of rotatable bonds is 3. The first-order chi connectivity index (χ1) is 6.20. The average Bonchev–Trinajstić information content (AvgIpc) is 2.15. The Morgan fingerprint density at radius 2 is 2.00 bits per heavy atom. The van der Waals surface area contributed by atoms with Crippen LogP contribution in [0.2, 0.25) is 0 Å². The zero-order valence-electron chi connectivity index (χ0n) is 7.44. The van der Waals surface area contributed by atoms with Crippen molar-refractivity contribution in [2.24, 2.45) is 5.84 Å². The molecule has 0 aromatic carbocycles. The van der Waals surface area contributed by atoms with Crippen molar-refractivity contribution in [2.45, 2.75) is 19.3 Å². The molecule has 13 heavy (non-hydrogen) atoms. The maximum absolute atomic E-state index is 11.3. The summed E-state index contributed by atoms with van der Waals surface area (Å²) in [5.74, 6) is 4.48. The van der Waals surface area contributed by atoms with Gasteiger partial charge in [0.1, 0.15) is 4.91 Å². The minimum Gasteiger partial charge on any atom is -0.339 e. The van der Waals surface area contributed by atoms with E-state index in [1.807, 2.05) is 0 Å². The molecule has 1 saturated heterocycles. The Morgan fingerprint density at radius 1 is 1.38 bits per heavy atom. The molecular formula is C7H14N3O3+. The van der Waals surface area contributed by atoms with Gasteiger partial charge in [-0.1, -0.05) is 0 Å². The fourth-order valence-electron chi connectivity index (χ4n) is 1.35. The van der Waals surface area contributed by atoms with Crippen LogP contribution < -0.4 is 5.84 Å². The van der Waals surface area contributed by atoms with Crippen LogP contribution in [0, 0.1) is 4.91 Å². The van der Waals surface area contributed by atoms with Crippen molar-refractivity contribution in [3.05, 3.63) is 4.91 Å². The normalized spacial score (nSPS) is 16.8. The van der Waals surface area contributed by atoms with Crippen molar-refractivity contribution in [3.8, 4) is 0 Å². The fraction of sp³-hybridized carbons (Fsp3) is 0.857. The number of likely N-dealkylation sites (tertiary alicyclic amines) is 1. The maximum atomic E-state index is 11.3. The lowest BCUT2D eigenvalue weighted by Gasteiger charge is -2.25. The molecule has 0 radical (unpaired) electrons. The molecule has 1 amide bonds. The number of amides is 1. The van der Waals surface area contributed by atoms with Gasteiger partial charge in [-0.2, -0.15) is 4.84 Å². The Morgan fingerprint density at radius 3 is 2.54 bits per heavy atom. The summed E-state index contributed by atoms with van der Waals surface area (Å²) in [5, 5.41) is -0.193. The van der Waals surface area contributed by atoms with Crippen LogP contribution in [0.4, 0.5) is 0 Å².